The summed E-state index contributed by atoms with van der Waals surface area (Å²) in [6.07, 6.45) is 0. The fourth-order valence-corrected chi connectivity index (χ4v) is 3.04. The van der Waals surface area contributed by atoms with Crippen molar-refractivity contribution in [2.24, 2.45) is 5.10 Å². The minimum Gasteiger partial charge on any atom is -0.497 e. The summed E-state index contributed by atoms with van der Waals surface area (Å²) in [6, 6.07) is 19.0. The maximum absolute atomic E-state index is 12.4. The van der Waals surface area contributed by atoms with Gasteiger partial charge in [-0.3, -0.25) is 9.59 Å². The van der Waals surface area contributed by atoms with E-state index in [2.05, 4.69) is 15.8 Å². The molecule has 8 nitrogen and oxygen atoms in total. The van der Waals surface area contributed by atoms with Gasteiger partial charge in [0, 0.05) is 16.8 Å². The van der Waals surface area contributed by atoms with Gasteiger partial charge in [0.15, 0.2) is 11.5 Å². The van der Waals surface area contributed by atoms with Crippen molar-refractivity contribution in [1.82, 2.24) is 5.43 Å². The van der Waals surface area contributed by atoms with Gasteiger partial charge in [-0.15, -0.1) is 0 Å². The van der Waals surface area contributed by atoms with E-state index in [1.165, 1.54) is 0 Å². The molecule has 0 bridgehead atoms. The van der Waals surface area contributed by atoms with Gasteiger partial charge < -0.3 is 19.5 Å². The maximum atomic E-state index is 12.4. The zero-order valence-electron chi connectivity index (χ0n) is 17.5. The van der Waals surface area contributed by atoms with Crippen molar-refractivity contribution in [3.05, 3.63) is 83.4 Å². The summed E-state index contributed by atoms with van der Waals surface area (Å²) >= 11 is 0. The van der Waals surface area contributed by atoms with E-state index in [4.69, 9.17) is 14.2 Å². The summed E-state index contributed by atoms with van der Waals surface area (Å²) < 4.78 is 15.6. The molecular weight excluding hydrogens is 410 g/mol. The summed E-state index contributed by atoms with van der Waals surface area (Å²) in [4.78, 5) is 24.7. The minimum atomic E-state index is -0.356. The van der Waals surface area contributed by atoms with Crippen LogP contribution in [0.5, 0.6) is 17.2 Å². The number of nitrogens with one attached hydrogen (secondary N) is 2. The summed E-state index contributed by atoms with van der Waals surface area (Å²) in [5, 5.41) is 7.01. The molecule has 0 atom stereocenters. The molecule has 4 rings (SSSR count). The molecule has 3 aromatic carbocycles. The van der Waals surface area contributed by atoms with Crippen LogP contribution < -0.4 is 25.0 Å². The standard InChI is InChI=1S/C24H21N3O5/c1-15(26-27-24(29)18-7-12-21-22(13-18)32-14-31-21)16-3-8-19(9-4-16)25-23(28)17-5-10-20(30-2)11-6-17/h3-13H,14H2,1-2H3,(H,25,28)(H,27,29). The molecule has 1 aliphatic heterocycles. The lowest BCUT2D eigenvalue weighted by molar-refractivity contribution is 0.0953. The average Bonchev–Trinajstić information content (AvgIpc) is 3.31. The molecule has 8 heteroatoms. The van der Waals surface area contributed by atoms with Gasteiger partial charge in [0.1, 0.15) is 5.75 Å². The number of hydrogen-bond donors (Lipinski definition) is 2. The zero-order valence-corrected chi connectivity index (χ0v) is 17.5. The Kier molecular flexibility index (Phi) is 6.03. The number of methoxy groups -OCH3 is 1. The number of hydrazone groups is 1. The number of carbonyl (C=O) groups excluding carboxylic acids is 2. The van der Waals surface area contributed by atoms with Crippen molar-refractivity contribution >= 4 is 23.2 Å². The molecule has 0 saturated carbocycles. The molecule has 1 aliphatic rings. The Hall–Kier alpha value is -4.33. The molecule has 0 radical (unpaired) electrons. The lowest BCUT2D eigenvalue weighted by atomic mass is 10.1. The van der Waals surface area contributed by atoms with Crippen LogP contribution >= 0.6 is 0 Å². The Labute approximate surface area is 184 Å². The van der Waals surface area contributed by atoms with Crippen LogP contribution in [0, 0.1) is 0 Å². The maximum Gasteiger partial charge on any atom is 0.271 e. The third-order valence-electron chi connectivity index (χ3n) is 4.87. The quantitative estimate of drug-likeness (QED) is 0.457. The molecule has 0 fully saturated rings. The van der Waals surface area contributed by atoms with E-state index in [-0.39, 0.29) is 18.6 Å². The van der Waals surface area contributed by atoms with Gasteiger partial charge in [-0.1, -0.05) is 12.1 Å². The number of hydrogen-bond acceptors (Lipinski definition) is 6. The predicted octanol–water partition coefficient (Wildman–Crippen LogP) is 3.83. The second-order valence-corrected chi connectivity index (χ2v) is 6.97. The highest BCUT2D eigenvalue weighted by Gasteiger charge is 2.16. The van der Waals surface area contributed by atoms with Crippen LogP contribution in [0.3, 0.4) is 0 Å². The Balaban J connectivity index is 1.36. The van der Waals surface area contributed by atoms with E-state index in [1.54, 1.807) is 68.6 Å². The first-order chi connectivity index (χ1) is 15.5. The van der Waals surface area contributed by atoms with Gasteiger partial charge in [0.05, 0.1) is 12.8 Å². The molecule has 162 valence electrons. The van der Waals surface area contributed by atoms with Crippen LogP contribution in [0.15, 0.2) is 71.8 Å². The smallest absolute Gasteiger partial charge is 0.271 e. The third-order valence-corrected chi connectivity index (χ3v) is 4.87. The van der Waals surface area contributed by atoms with Crippen molar-refractivity contribution < 1.29 is 23.8 Å². The van der Waals surface area contributed by atoms with E-state index in [9.17, 15) is 9.59 Å². The second kappa shape index (κ2) is 9.22. The van der Waals surface area contributed by atoms with Crippen molar-refractivity contribution in [1.29, 1.82) is 0 Å². The van der Waals surface area contributed by atoms with Crippen LogP contribution in [0.1, 0.15) is 33.2 Å². The normalized spacial score (nSPS) is 12.2. The lowest BCUT2D eigenvalue weighted by Gasteiger charge is -2.08. The van der Waals surface area contributed by atoms with Crippen molar-refractivity contribution in [3.63, 3.8) is 0 Å². The van der Waals surface area contributed by atoms with Gasteiger partial charge in [-0.2, -0.15) is 5.10 Å². The summed E-state index contributed by atoms with van der Waals surface area (Å²) in [5.74, 6) is 1.25. The summed E-state index contributed by atoms with van der Waals surface area (Å²) in [6.45, 7) is 1.93. The highest BCUT2D eigenvalue weighted by molar-refractivity contribution is 6.05. The van der Waals surface area contributed by atoms with Gasteiger partial charge >= 0.3 is 0 Å². The highest BCUT2D eigenvalue weighted by Crippen LogP contribution is 2.32. The lowest BCUT2D eigenvalue weighted by Crippen LogP contribution is -2.19. The molecule has 0 unspecified atom stereocenters. The van der Waals surface area contributed by atoms with E-state index in [0.29, 0.717) is 39.8 Å². The van der Waals surface area contributed by atoms with Crippen LogP contribution in [-0.2, 0) is 0 Å². The summed E-state index contributed by atoms with van der Waals surface area (Å²) in [5.41, 5.74) is 5.55. The Morgan fingerprint density at radius 2 is 1.50 bits per heavy atom. The van der Waals surface area contributed by atoms with Gasteiger partial charge in [-0.25, -0.2) is 5.43 Å². The number of nitrogens with zero attached hydrogens (tertiary/aromatic N) is 1. The average molecular weight is 431 g/mol. The third kappa shape index (κ3) is 4.70. The Morgan fingerprint density at radius 3 is 2.22 bits per heavy atom. The van der Waals surface area contributed by atoms with Crippen molar-refractivity contribution in [2.75, 3.05) is 19.2 Å². The van der Waals surface area contributed by atoms with E-state index < -0.39 is 0 Å². The predicted molar refractivity (Wildman–Crippen MR) is 120 cm³/mol. The van der Waals surface area contributed by atoms with Crippen molar-refractivity contribution in [2.45, 2.75) is 6.92 Å². The molecule has 0 aromatic heterocycles. The molecule has 2 amide bonds. The van der Waals surface area contributed by atoms with Crippen molar-refractivity contribution in [3.8, 4) is 17.2 Å². The fraction of sp³-hybridized carbons (Fsp3) is 0.125. The SMILES string of the molecule is COc1ccc(C(=O)Nc2ccc(C(C)=NNC(=O)c3ccc4c(c3)OCO4)cc2)cc1. The topological polar surface area (TPSA) is 98.2 Å². The first-order valence-corrected chi connectivity index (χ1v) is 9.83. The molecule has 0 aliphatic carbocycles. The Bertz CT molecular complexity index is 1170. The van der Waals surface area contributed by atoms with Crippen LogP contribution in [0.4, 0.5) is 5.69 Å². The second-order valence-electron chi connectivity index (χ2n) is 6.97. The monoisotopic (exact) mass is 431 g/mol. The van der Waals surface area contributed by atoms with E-state index >= 15 is 0 Å². The van der Waals surface area contributed by atoms with Gasteiger partial charge in [0.25, 0.3) is 11.8 Å². The van der Waals surface area contributed by atoms with E-state index in [0.717, 1.165) is 5.56 Å². The number of fused-ring (bicyclic) bond motifs is 1. The molecule has 0 spiro atoms. The van der Waals surface area contributed by atoms with Gasteiger partial charge in [-0.05, 0) is 67.1 Å². The first kappa shape index (κ1) is 20.9. The molecule has 32 heavy (non-hydrogen) atoms. The summed E-state index contributed by atoms with van der Waals surface area (Å²) in [7, 11) is 1.57. The largest absolute Gasteiger partial charge is 0.497 e. The number of ether oxygens (including phenoxy) is 3. The number of rotatable bonds is 6. The molecular formula is C24H21N3O5. The minimum absolute atomic E-state index is 0.147. The van der Waals surface area contributed by atoms with Crippen LogP contribution in [-0.4, -0.2) is 31.4 Å². The molecule has 3 aromatic rings. The number of benzene rings is 3. The number of anilines is 1. The number of amides is 2. The van der Waals surface area contributed by atoms with Gasteiger partial charge in [0.2, 0.25) is 6.79 Å². The van der Waals surface area contributed by atoms with Crippen LogP contribution in [0.25, 0.3) is 0 Å². The number of carbonyl (C=O) groups is 2. The van der Waals surface area contributed by atoms with E-state index in [1.807, 2.05) is 12.1 Å². The molecule has 0 saturated heterocycles. The van der Waals surface area contributed by atoms with Crippen LogP contribution in [0.2, 0.25) is 0 Å². The molecule has 1 heterocycles. The highest BCUT2D eigenvalue weighted by atomic mass is 16.7. The first-order valence-electron chi connectivity index (χ1n) is 9.83. The zero-order chi connectivity index (χ0) is 22.5. The fourth-order valence-electron chi connectivity index (χ4n) is 3.04. The molecule has 2 N–H and O–H groups in total. The Morgan fingerprint density at radius 1 is 0.844 bits per heavy atom.